The molecule has 1 aliphatic carbocycles. The lowest BCUT2D eigenvalue weighted by Crippen LogP contribution is -2.32. The van der Waals surface area contributed by atoms with Crippen molar-refractivity contribution in [1.29, 1.82) is 0 Å². The van der Waals surface area contributed by atoms with Crippen LogP contribution in [0.1, 0.15) is 39.5 Å². The number of hydrogen-bond donors (Lipinski definition) is 3. The van der Waals surface area contributed by atoms with Gasteiger partial charge in [-0.1, -0.05) is 20.3 Å². The van der Waals surface area contributed by atoms with Crippen molar-refractivity contribution in [2.45, 2.75) is 45.6 Å². The first-order valence-corrected chi connectivity index (χ1v) is 6.11. The minimum atomic E-state index is 0.225. The molecule has 17 heavy (non-hydrogen) atoms. The van der Waals surface area contributed by atoms with E-state index in [4.69, 9.17) is 11.5 Å². The maximum absolute atomic E-state index is 5.65. The largest absolute Gasteiger partial charge is 0.383 e. The van der Waals surface area contributed by atoms with E-state index >= 15 is 0 Å². The number of rotatable bonds is 2. The molecule has 1 aliphatic rings. The quantitative estimate of drug-likeness (QED) is 0.729. The summed E-state index contributed by atoms with van der Waals surface area (Å²) in [6.07, 6.45) is 4.87. The fraction of sp³-hybridized carbons (Fsp3) is 0.667. The summed E-state index contributed by atoms with van der Waals surface area (Å²) >= 11 is 0. The van der Waals surface area contributed by atoms with Gasteiger partial charge in [-0.25, -0.2) is 0 Å². The van der Waals surface area contributed by atoms with Crippen LogP contribution in [0, 0.1) is 5.41 Å². The summed E-state index contributed by atoms with van der Waals surface area (Å²) < 4.78 is 0. The first kappa shape index (κ1) is 12.0. The van der Waals surface area contributed by atoms with Gasteiger partial charge in [-0.15, -0.1) is 0 Å². The normalized spacial score (nSPS) is 23.3. The lowest BCUT2D eigenvalue weighted by Gasteiger charge is -2.35. The number of hydrogen-bond acceptors (Lipinski definition) is 5. The van der Waals surface area contributed by atoms with Gasteiger partial charge in [-0.05, 0) is 24.7 Å². The van der Waals surface area contributed by atoms with E-state index in [0.717, 1.165) is 12.2 Å². The summed E-state index contributed by atoms with van der Waals surface area (Å²) in [6, 6.07) is 2.19. The molecule has 2 rings (SSSR count). The molecule has 0 radical (unpaired) electrons. The summed E-state index contributed by atoms with van der Waals surface area (Å²) in [5.74, 6) is 1.37. The van der Waals surface area contributed by atoms with Gasteiger partial charge in [0.15, 0.2) is 0 Å². The van der Waals surface area contributed by atoms with Crippen LogP contribution in [-0.4, -0.2) is 16.0 Å². The molecule has 1 aromatic rings. The highest BCUT2D eigenvalue weighted by atomic mass is 15.1. The van der Waals surface area contributed by atoms with E-state index in [0.29, 0.717) is 17.3 Å². The van der Waals surface area contributed by atoms with E-state index in [9.17, 15) is 0 Å². The Kier molecular flexibility index (Phi) is 3.09. The molecule has 0 bridgehead atoms. The molecular formula is C12H21N5. The topological polar surface area (TPSA) is 89.8 Å². The third-order valence-corrected chi connectivity index (χ3v) is 3.32. The van der Waals surface area contributed by atoms with Crippen LogP contribution in [0.5, 0.6) is 0 Å². The Bertz CT molecular complexity index is 382. The molecule has 0 spiro atoms. The van der Waals surface area contributed by atoms with Crippen molar-refractivity contribution in [3.8, 4) is 0 Å². The van der Waals surface area contributed by atoms with Gasteiger partial charge in [-0.3, -0.25) is 0 Å². The van der Waals surface area contributed by atoms with Gasteiger partial charge in [-0.2, -0.15) is 9.97 Å². The van der Waals surface area contributed by atoms with Gasteiger partial charge in [0.1, 0.15) is 11.6 Å². The molecule has 1 saturated carbocycles. The molecule has 0 aromatic carbocycles. The zero-order valence-electron chi connectivity index (χ0n) is 10.5. The lowest BCUT2D eigenvalue weighted by atomic mass is 9.75. The van der Waals surface area contributed by atoms with Crippen molar-refractivity contribution < 1.29 is 0 Å². The van der Waals surface area contributed by atoms with Crippen LogP contribution < -0.4 is 16.8 Å². The van der Waals surface area contributed by atoms with Crippen molar-refractivity contribution >= 4 is 17.6 Å². The van der Waals surface area contributed by atoms with Crippen LogP contribution in [0.3, 0.4) is 0 Å². The Morgan fingerprint density at radius 2 is 2.12 bits per heavy atom. The summed E-state index contributed by atoms with van der Waals surface area (Å²) in [4.78, 5) is 8.01. The van der Waals surface area contributed by atoms with E-state index in [2.05, 4.69) is 29.1 Å². The minimum Gasteiger partial charge on any atom is -0.383 e. The molecule has 1 unspecified atom stereocenters. The smallest absolute Gasteiger partial charge is 0.223 e. The van der Waals surface area contributed by atoms with Gasteiger partial charge in [0.2, 0.25) is 5.95 Å². The Morgan fingerprint density at radius 1 is 1.35 bits per heavy atom. The molecule has 94 valence electrons. The number of nitrogens with zero attached hydrogens (tertiary/aromatic N) is 2. The molecule has 1 atom stereocenters. The van der Waals surface area contributed by atoms with Crippen LogP contribution in [-0.2, 0) is 0 Å². The average Bonchev–Trinajstić information content (AvgIpc) is 2.13. The van der Waals surface area contributed by atoms with Crippen LogP contribution in [0.25, 0.3) is 0 Å². The molecule has 1 heterocycles. The second-order valence-corrected chi connectivity index (χ2v) is 5.64. The second-order valence-electron chi connectivity index (χ2n) is 5.64. The molecule has 0 amide bonds. The van der Waals surface area contributed by atoms with Crippen LogP contribution in [0.2, 0.25) is 0 Å². The average molecular weight is 235 g/mol. The number of nitrogens with two attached hydrogens (primary N) is 2. The van der Waals surface area contributed by atoms with Crippen molar-refractivity contribution in [2.24, 2.45) is 5.41 Å². The summed E-state index contributed by atoms with van der Waals surface area (Å²) in [7, 11) is 0. The molecule has 5 heteroatoms. The zero-order chi connectivity index (χ0) is 12.5. The number of anilines is 3. The molecule has 1 aromatic heterocycles. The van der Waals surface area contributed by atoms with Gasteiger partial charge in [0.05, 0.1) is 0 Å². The highest BCUT2D eigenvalue weighted by Crippen LogP contribution is 2.36. The maximum atomic E-state index is 5.65. The monoisotopic (exact) mass is 235 g/mol. The van der Waals surface area contributed by atoms with Gasteiger partial charge >= 0.3 is 0 Å². The summed E-state index contributed by atoms with van der Waals surface area (Å²) in [5, 5.41) is 3.41. The van der Waals surface area contributed by atoms with E-state index in [1.165, 1.54) is 19.3 Å². The van der Waals surface area contributed by atoms with Gasteiger partial charge in [0.25, 0.3) is 0 Å². The van der Waals surface area contributed by atoms with Crippen molar-refractivity contribution in [2.75, 3.05) is 16.8 Å². The predicted molar refractivity (Wildman–Crippen MR) is 70.5 cm³/mol. The molecular weight excluding hydrogens is 214 g/mol. The third-order valence-electron chi connectivity index (χ3n) is 3.32. The van der Waals surface area contributed by atoms with Crippen LogP contribution in [0.15, 0.2) is 6.07 Å². The molecule has 0 aliphatic heterocycles. The lowest BCUT2D eigenvalue weighted by molar-refractivity contribution is 0.229. The van der Waals surface area contributed by atoms with E-state index in [1.54, 1.807) is 6.07 Å². The van der Waals surface area contributed by atoms with Crippen molar-refractivity contribution in [3.05, 3.63) is 6.07 Å². The standard InChI is InChI=1S/C12H21N5/c1-12(2)5-3-4-8(7-12)15-10-6-9(13)16-11(14)17-10/h6,8H,3-5,7H2,1-2H3,(H5,13,14,15,16,17). The molecule has 1 fully saturated rings. The first-order chi connectivity index (χ1) is 7.94. The second kappa shape index (κ2) is 4.39. The number of nitrogen functional groups attached to an aromatic ring is 2. The van der Waals surface area contributed by atoms with E-state index < -0.39 is 0 Å². The Labute approximate surface area is 102 Å². The van der Waals surface area contributed by atoms with Gasteiger partial charge in [0, 0.05) is 12.1 Å². The van der Waals surface area contributed by atoms with Crippen LogP contribution >= 0.6 is 0 Å². The Morgan fingerprint density at radius 3 is 2.76 bits per heavy atom. The Balaban J connectivity index is 2.05. The maximum Gasteiger partial charge on any atom is 0.223 e. The highest BCUT2D eigenvalue weighted by Gasteiger charge is 2.28. The fourth-order valence-electron chi connectivity index (χ4n) is 2.59. The predicted octanol–water partition coefficient (Wildman–Crippen LogP) is 2.02. The van der Waals surface area contributed by atoms with Crippen molar-refractivity contribution in [3.63, 3.8) is 0 Å². The minimum absolute atomic E-state index is 0.225. The van der Waals surface area contributed by atoms with Crippen LogP contribution in [0.4, 0.5) is 17.6 Å². The summed E-state index contributed by atoms with van der Waals surface area (Å²) in [5.41, 5.74) is 11.6. The summed E-state index contributed by atoms with van der Waals surface area (Å²) in [6.45, 7) is 4.62. The highest BCUT2D eigenvalue weighted by molar-refractivity contribution is 5.48. The van der Waals surface area contributed by atoms with Crippen molar-refractivity contribution in [1.82, 2.24) is 9.97 Å². The first-order valence-electron chi connectivity index (χ1n) is 6.11. The number of nitrogens with one attached hydrogen (secondary N) is 1. The molecule has 5 nitrogen and oxygen atoms in total. The Hall–Kier alpha value is -1.52. The zero-order valence-corrected chi connectivity index (χ0v) is 10.5. The van der Waals surface area contributed by atoms with Gasteiger partial charge < -0.3 is 16.8 Å². The number of aromatic nitrogens is 2. The molecule has 0 saturated heterocycles. The van der Waals surface area contributed by atoms with E-state index in [1.807, 2.05) is 0 Å². The molecule has 5 N–H and O–H groups in total. The third kappa shape index (κ3) is 3.22. The SMILES string of the molecule is CC1(C)CCCC(Nc2cc(N)nc(N)n2)C1. The fourth-order valence-corrected chi connectivity index (χ4v) is 2.59. The van der Waals surface area contributed by atoms with E-state index in [-0.39, 0.29) is 5.95 Å².